The summed E-state index contributed by atoms with van der Waals surface area (Å²) in [6, 6.07) is 5.88. The zero-order valence-electron chi connectivity index (χ0n) is 16.7. The summed E-state index contributed by atoms with van der Waals surface area (Å²) >= 11 is 2.23. The molecule has 6 nitrogen and oxygen atoms in total. The van der Waals surface area contributed by atoms with E-state index in [-0.39, 0.29) is 5.91 Å². The van der Waals surface area contributed by atoms with E-state index in [1.165, 1.54) is 0 Å². The minimum absolute atomic E-state index is 0.207. The zero-order valence-corrected chi connectivity index (χ0v) is 18.8. The Morgan fingerprint density at radius 3 is 2.86 bits per heavy atom. The van der Waals surface area contributed by atoms with Gasteiger partial charge in [0, 0.05) is 15.2 Å². The van der Waals surface area contributed by atoms with Gasteiger partial charge in [0.05, 0.1) is 17.3 Å². The summed E-state index contributed by atoms with van der Waals surface area (Å²) in [5.41, 5.74) is 1.27. The average Bonchev–Trinajstić information content (AvgIpc) is 2.62. The molecule has 0 fully saturated rings. The number of halogens is 1. The van der Waals surface area contributed by atoms with Crippen LogP contribution in [0.4, 0.5) is 0 Å². The average molecular weight is 495 g/mol. The maximum atomic E-state index is 12.7. The molecule has 150 valence electrons. The number of aryl methyl sites for hydroxylation is 1. The molecule has 1 aromatic heterocycles. The van der Waals surface area contributed by atoms with Crippen molar-refractivity contribution in [2.45, 2.75) is 45.8 Å². The molecule has 1 N–H and O–H groups in total. The number of carbonyl (C=O) groups excluding carboxylic acids is 1. The molecule has 28 heavy (non-hydrogen) atoms. The van der Waals surface area contributed by atoms with Crippen molar-refractivity contribution in [2.24, 2.45) is 5.16 Å². The van der Waals surface area contributed by atoms with Gasteiger partial charge in [0.25, 0.3) is 5.91 Å². The van der Waals surface area contributed by atoms with Crippen LogP contribution in [0.2, 0.25) is 0 Å². The van der Waals surface area contributed by atoms with Crippen LogP contribution in [0.15, 0.2) is 42.2 Å². The number of ether oxygens (including phenoxy) is 1. The highest BCUT2D eigenvalue weighted by atomic mass is 127. The lowest BCUT2D eigenvalue weighted by atomic mass is 10.1. The predicted molar refractivity (Wildman–Crippen MR) is 121 cm³/mol. The van der Waals surface area contributed by atoms with E-state index in [0.717, 1.165) is 20.0 Å². The third-order valence-corrected chi connectivity index (χ3v) is 4.53. The molecule has 2 rings (SSSR count). The molecule has 1 unspecified atom stereocenters. The predicted octanol–water partition coefficient (Wildman–Crippen LogP) is 4.39. The second kappa shape index (κ2) is 9.86. The van der Waals surface area contributed by atoms with E-state index >= 15 is 0 Å². The van der Waals surface area contributed by atoms with E-state index in [1.54, 1.807) is 12.3 Å². The van der Waals surface area contributed by atoms with Gasteiger partial charge in [-0.15, -0.1) is 0 Å². The first-order valence-electron chi connectivity index (χ1n) is 9.07. The van der Waals surface area contributed by atoms with Crippen LogP contribution < -0.4 is 10.1 Å². The van der Waals surface area contributed by atoms with E-state index in [0.29, 0.717) is 18.8 Å². The number of hydrogen-bond donors (Lipinski definition) is 1. The Labute approximate surface area is 179 Å². The molecular formula is C21H26IN3O3. The normalized spacial score (nSPS) is 12.8. The van der Waals surface area contributed by atoms with Crippen molar-refractivity contribution in [3.63, 3.8) is 0 Å². The number of aromatic nitrogens is 1. The van der Waals surface area contributed by atoms with Gasteiger partial charge in [-0.3, -0.25) is 9.78 Å². The molecule has 2 aromatic rings. The van der Waals surface area contributed by atoms with Crippen molar-refractivity contribution in [3.05, 3.63) is 46.2 Å². The fourth-order valence-corrected chi connectivity index (χ4v) is 3.10. The van der Waals surface area contributed by atoms with Gasteiger partial charge < -0.3 is 14.9 Å². The number of pyridine rings is 1. The van der Waals surface area contributed by atoms with Crippen LogP contribution in [0.1, 0.15) is 32.8 Å². The molecule has 0 spiro atoms. The van der Waals surface area contributed by atoms with Crippen LogP contribution in [-0.4, -0.2) is 35.4 Å². The third kappa shape index (κ3) is 6.19. The smallest absolute Gasteiger partial charge is 0.261 e. The van der Waals surface area contributed by atoms with Crippen molar-refractivity contribution >= 4 is 45.6 Å². The number of amides is 1. The number of nitrogens with zero attached hydrogens (tertiary/aromatic N) is 2. The van der Waals surface area contributed by atoms with E-state index in [4.69, 9.17) is 9.57 Å². The van der Waals surface area contributed by atoms with Gasteiger partial charge in [0.2, 0.25) is 0 Å². The van der Waals surface area contributed by atoms with E-state index in [2.05, 4.69) is 44.6 Å². The van der Waals surface area contributed by atoms with Crippen LogP contribution in [-0.2, 0) is 9.63 Å². The maximum absolute atomic E-state index is 12.7. The Morgan fingerprint density at radius 2 is 2.18 bits per heavy atom. The molecule has 0 saturated heterocycles. The molecule has 1 heterocycles. The van der Waals surface area contributed by atoms with Crippen molar-refractivity contribution < 1.29 is 14.4 Å². The number of carbonyl (C=O) groups is 1. The lowest BCUT2D eigenvalue weighted by Gasteiger charge is -2.25. The van der Waals surface area contributed by atoms with E-state index < -0.39 is 11.6 Å². The van der Waals surface area contributed by atoms with Crippen molar-refractivity contribution in [1.29, 1.82) is 0 Å². The summed E-state index contributed by atoms with van der Waals surface area (Å²) in [6.07, 6.45) is 4.91. The molecule has 1 atom stereocenters. The first-order chi connectivity index (χ1) is 13.3. The summed E-state index contributed by atoms with van der Waals surface area (Å²) in [6.45, 7) is 11.5. The number of rotatable bonds is 9. The van der Waals surface area contributed by atoms with Crippen LogP contribution in [0, 0.1) is 10.5 Å². The number of benzene rings is 1. The lowest BCUT2D eigenvalue weighted by Crippen LogP contribution is -2.50. The van der Waals surface area contributed by atoms with Crippen molar-refractivity contribution in [3.8, 4) is 5.75 Å². The second-order valence-electron chi connectivity index (χ2n) is 7.01. The fourth-order valence-electron chi connectivity index (χ4n) is 2.62. The van der Waals surface area contributed by atoms with Crippen LogP contribution >= 0.6 is 22.6 Å². The Hall–Kier alpha value is -2.16. The lowest BCUT2D eigenvalue weighted by molar-refractivity contribution is -0.129. The highest BCUT2D eigenvalue weighted by Crippen LogP contribution is 2.26. The molecule has 1 aromatic carbocycles. The van der Waals surface area contributed by atoms with Crippen molar-refractivity contribution in [1.82, 2.24) is 10.3 Å². The van der Waals surface area contributed by atoms with Crippen LogP contribution in [0.3, 0.4) is 0 Å². The SMILES string of the molecule is C=CCO/N=C\C(C)(C)NC(=O)C(CC)Oc1cc(C)c2ncc(I)cc2c1. The quantitative estimate of drug-likeness (QED) is 0.184. The third-order valence-electron chi connectivity index (χ3n) is 3.94. The van der Waals surface area contributed by atoms with Gasteiger partial charge in [-0.05, 0) is 73.5 Å². The summed E-state index contributed by atoms with van der Waals surface area (Å²) in [7, 11) is 0. The molecule has 0 aliphatic heterocycles. The van der Waals surface area contributed by atoms with Gasteiger partial charge in [-0.1, -0.05) is 24.7 Å². The summed E-state index contributed by atoms with van der Waals surface area (Å²) in [5, 5.41) is 7.77. The van der Waals surface area contributed by atoms with Gasteiger partial charge in [-0.2, -0.15) is 0 Å². The minimum Gasteiger partial charge on any atom is -0.481 e. The van der Waals surface area contributed by atoms with E-state index in [9.17, 15) is 4.79 Å². The summed E-state index contributed by atoms with van der Waals surface area (Å²) < 4.78 is 7.06. The molecule has 1 amide bonds. The van der Waals surface area contributed by atoms with Crippen LogP contribution in [0.25, 0.3) is 10.9 Å². The second-order valence-corrected chi connectivity index (χ2v) is 8.26. The molecule has 0 aliphatic carbocycles. The zero-order chi connectivity index (χ0) is 20.7. The topological polar surface area (TPSA) is 72.8 Å². The standard InChI is InChI=1S/C21H26IN3O3/c1-6-8-27-24-13-21(4,5)25-20(26)18(7-2)28-17-9-14(3)19-15(11-17)10-16(22)12-23-19/h6,9-13,18H,1,7-8H2,2-5H3,(H,25,26)/b24-13-. The molecule has 0 saturated carbocycles. The highest BCUT2D eigenvalue weighted by molar-refractivity contribution is 14.1. The molecule has 0 bridgehead atoms. The van der Waals surface area contributed by atoms with E-state index in [1.807, 2.05) is 52.1 Å². The number of nitrogens with one attached hydrogen (secondary N) is 1. The summed E-state index contributed by atoms with van der Waals surface area (Å²) in [4.78, 5) is 22.2. The number of oxime groups is 1. The first kappa shape index (κ1) is 22.1. The number of fused-ring (bicyclic) bond motifs is 1. The largest absolute Gasteiger partial charge is 0.481 e. The van der Waals surface area contributed by atoms with Crippen molar-refractivity contribution in [2.75, 3.05) is 6.61 Å². The summed E-state index contributed by atoms with van der Waals surface area (Å²) in [5.74, 6) is 0.442. The first-order valence-corrected chi connectivity index (χ1v) is 10.2. The van der Waals surface area contributed by atoms with Gasteiger partial charge in [0.1, 0.15) is 12.4 Å². The molecule has 0 radical (unpaired) electrons. The molecule has 7 heteroatoms. The maximum Gasteiger partial charge on any atom is 0.261 e. The Kier molecular flexibility index (Phi) is 7.79. The van der Waals surface area contributed by atoms with Gasteiger partial charge in [0.15, 0.2) is 6.10 Å². The monoisotopic (exact) mass is 495 g/mol. The minimum atomic E-state index is -0.672. The Morgan fingerprint density at radius 1 is 1.43 bits per heavy atom. The Balaban J connectivity index is 2.12. The molecular weight excluding hydrogens is 469 g/mol. The fraction of sp³-hybridized carbons (Fsp3) is 0.381. The molecule has 0 aliphatic rings. The van der Waals surface area contributed by atoms with Gasteiger partial charge in [-0.25, -0.2) is 0 Å². The van der Waals surface area contributed by atoms with Crippen LogP contribution in [0.5, 0.6) is 5.75 Å². The van der Waals surface area contributed by atoms with Gasteiger partial charge >= 0.3 is 0 Å². The highest BCUT2D eigenvalue weighted by Gasteiger charge is 2.25. The number of hydrogen-bond acceptors (Lipinski definition) is 5. The Bertz CT molecular complexity index is 881.